The van der Waals surface area contributed by atoms with Crippen LogP contribution in [0.15, 0.2) is 29.4 Å². The summed E-state index contributed by atoms with van der Waals surface area (Å²) in [5.74, 6) is 0.702. The van der Waals surface area contributed by atoms with E-state index in [4.69, 9.17) is 22.1 Å². The predicted molar refractivity (Wildman–Crippen MR) is 73.6 cm³/mol. The van der Waals surface area contributed by atoms with Gasteiger partial charge in [0.25, 0.3) is 0 Å². The summed E-state index contributed by atoms with van der Waals surface area (Å²) in [6.07, 6.45) is 1.38. The molecule has 0 saturated carbocycles. The highest BCUT2D eigenvalue weighted by Crippen LogP contribution is 2.23. The number of primary amides is 1. The normalized spacial score (nSPS) is 10.8. The minimum atomic E-state index is -0.745. The number of nitrogens with zero attached hydrogens (tertiary/aromatic N) is 2. The molecule has 1 aromatic heterocycles. The van der Waals surface area contributed by atoms with Gasteiger partial charge in [-0.1, -0.05) is 11.6 Å². The third-order valence-corrected chi connectivity index (χ3v) is 2.69. The van der Waals surface area contributed by atoms with Crippen molar-refractivity contribution in [2.75, 3.05) is 7.11 Å². The number of halogens is 1. The van der Waals surface area contributed by atoms with Crippen molar-refractivity contribution < 1.29 is 9.53 Å². The number of carbonyl (C=O) groups is 1. The van der Waals surface area contributed by atoms with Gasteiger partial charge in [0.1, 0.15) is 10.9 Å². The molecule has 6 nitrogen and oxygen atoms in total. The summed E-state index contributed by atoms with van der Waals surface area (Å²) in [7, 11) is 1.58. The molecule has 0 aliphatic rings. The number of methoxy groups -OCH3 is 1. The molecule has 7 heteroatoms. The molecule has 0 atom stereocenters. The van der Waals surface area contributed by atoms with E-state index >= 15 is 0 Å². The molecule has 0 saturated heterocycles. The summed E-state index contributed by atoms with van der Waals surface area (Å²) in [5.41, 5.74) is 8.27. The fourth-order valence-corrected chi connectivity index (χ4v) is 1.72. The van der Waals surface area contributed by atoms with E-state index in [0.29, 0.717) is 16.8 Å². The number of amides is 2. The Hall–Kier alpha value is -2.34. The van der Waals surface area contributed by atoms with Gasteiger partial charge in [-0.2, -0.15) is 5.10 Å². The Bertz CT molecular complexity index is 657. The first-order chi connectivity index (χ1) is 9.10. The maximum Gasteiger partial charge on any atom is 0.332 e. The molecule has 0 radical (unpaired) electrons. The zero-order valence-electron chi connectivity index (χ0n) is 10.1. The summed E-state index contributed by atoms with van der Waals surface area (Å²) in [5, 5.41) is 4.80. The van der Waals surface area contributed by atoms with Crippen LogP contribution < -0.4 is 15.9 Å². The second-order valence-electron chi connectivity index (χ2n) is 3.66. The summed E-state index contributed by atoms with van der Waals surface area (Å²) < 4.78 is 5.11. The maximum absolute atomic E-state index is 10.5. The number of hydrogen-bond acceptors (Lipinski definition) is 4. The average molecular weight is 279 g/mol. The summed E-state index contributed by atoms with van der Waals surface area (Å²) in [6.45, 7) is 0. The van der Waals surface area contributed by atoms with Crippen LogP contribution >= 0.6 is 11.6 Å². The minimum absolute atomic E-state index is 0.274. The zero-order valence-corrected chi connectivity index (χ0v) is 10.8. The molecule has 0 aliphatic carbocycles. The lowest BCUT2D eigenvalue weighted by molar-refractivity contribution is 0.249. The van der Waals surface area contributed by atoms with Gasteiger partial charge in [0.05, 0.1) is 18.8 Å². The van der Waals surface area contributed by atoms with E-state index in [2.05, 4.69) is 15.5 Å². The summed E-state index contributed by atoms with van der Waals surface area (Å²) in [4.78, 5) is 14.7. The lowest BCUT2D eigenvalue weighted by Gasteiger charge is -2.04. The molecule has 3 N–H and O–H groups in total. The van der Waals surface area contributed by atoms with Gasteiger partial charge in [-0.3, -0.25) is 0 Å². The molecular weight excluding hydrogens is 268 g/mol. The zero-order chi connectivity index (χ0) is 13.8. The van der Waals surface area contributed by atoms with E-state index in [9.17, 15) is 4.79 Å². The molecule has 0 aliphatic heterocycles. The van der Waals surface area contributed by atoms with Gasteiger partial charge in [-0.15, -0.1) is 0 Å². The number of nitrogens with one attached hydrogen (secondary N) is 1. The molecule has 0 spiro atoms. The second kappa shape index (κ2) is 5.53. The molecule has 2 amide bonds. The number of rotatable bonds is 3. The van der Waals surface area contributed by atoms with Crippen molar-refractivity contribution in [1.29, 1.82) is 0 Å². The van der Waals surface area contributed by atoms with E-state index in [0.717, 1.165) is 5.39 Å². The van der Waals surface area contributed by atoms with Gasteiger partial charge in [-0.25, -0.2) is 15.2 Å². The van der Waals surface area contributed by atoms with E-state index in [-0.39, 0.29) is 5.15 Å². The Morgan fingerprint density at radius 2 is 2.32 bits per heavy atom. The van der Waals surface area contributed by atoms with E-state index < -0.39 is 6.03 Å². The molecule has 2 rings (SSSR count). The van der Waals surface area contributed by atoms with Crippen LogP contribution in [0.4, 0.5) is 4.79 Å². The van der Waals surface area contributed by atoms with Crippen molar-refractivity contribution in [3.05, 3.63) is 35.0 Å². The average Bonchev–Trinajstić information content (AvgIpc) is 2.38. The standard InChI is InChI=1S/C12H11ClN4O2/c1-19-9-3-2-7-4-8(6-15-17-12(14)18)11(13)16-10(7)5-9/h2-6H,1H3,(H3,14,17,18). The molecule has 2 aromatic rings. The first-order valence-electron chi connectivity index (χ1n) is 5.33. The van der Waals surface area contributed by atoms with Crippen LogP contribution in [0, 0.1) is 0 Å². The van der Waals surface area contributed by atoms with E-state index in [1.807, 2.05) is 12.1 Å². The van der Waals surface area contributed by atoms with Crippen molar-refractivity contribution in [3.8, 4) is 5.75 Å². The fourth-order valence-electron chi connectivity index (χ4n) is 1.52. The van der Waals surface area contributed by atoms with Crippen LogP contribution in [0.25, 0.3) is 10.9 Å². The van der Waals surface area contributed by atoms with Crippen molar-refractivity contribution in [3.63, 3.8) is 0 Å². The van der Waals surface area contributed by atoms with Crippen molar-refractivity contribution in [2.24, 2.45) is 10.8 Å². The molecule has 0 bridgehead atoms. The topological polar surface area (TPSA) is 89.6 Å². The van der Waals surface area contributed by atoms with Crippen LogP contribution in [0.2, 0.25) is 5.15 Å². The predicted octanol–water partition coefficient (Wildman–Crippen LogP) is 1.90. The third-order valence-electron chi connectivity index (χ3n) is 2.38. The Kier molecular flexibility index (Phi) is 3.82. The molecule has 1 heterocycles. The smallest absolute Gasteiger partial charge is 0.332 e. The van der Waals surface area contributed by atoms with Gasteiger partial charge in [-0.05, 0) is 18.2 Å². The van der Waals surface area contributed by atoms with Gasteiger partial charge in [0, 0.05) is 17.0 Å². The van der Waals surface area contributed by atoms with E-state index in [1.54, 1.807) is 19.2 Å². The highest BCUT2D eigenvalue weighted by molar-refractivity contribution is 6.32. The molecular formula is C12H11ClN4O2. The third kappa shape index (κ3) is 3.11. The SMILES string of the molecule is COc1ccc2cc(C=NNC(N)=O)c(Cl)nc2c1. The fraction of sp³-hybridized carbons (Fsp3) is 0.0833. The number of benzene rings is 1. The number of urea groups is 1. The molecule has 98 valence electrons. The highest BCUT2D eigenvalue weighted by atomic mass is 35.5. The number of hydrazone groups is 1. The first-order valence-corrected chi connectivity index (χ1v) is 5.71. The van der Waals surface area contributed by atoms with Crippen LogP contribution in [-0.4, -0.2) is 24.3 Å². The number of fused-ring (bicyclic) bond motifs is 1. The maximum atomic E-state index is 10.5. The summed E-state index contributed by atoms with van der Waals surface area (Å²) in [6, 6.07) is 6.52. The molecule has 1 aromatic carbocycles. The Morgan fingerprint density at radius 1 is 1.53 bits per heavy atom. The van der Waals surface area contributed by atoms with Crippen LogP contribution in [0.1, 0.15) is 5.56 Å². The number of carbonyl (C=O) groups excluding carboxylic acids is 1. The number of pyridine rings is 1. The lowest BCUT2D eigenvalue weighted by Crippen LogP contribution is -2.24. The number of ether oxygens (including phenoxy) is 1. The van der Waals surface area contributed by atoms with Gasteiger partial charge >= 0.3 is 6.03 Å². The Labute approximate surface area is 114 Å². The van der Waals surface area contributed by atoms with Gasteiger partial charge < -0.3 is 10.5 Å². The van der Waals surface area contributed by atoms with Gasteiger partial charge in [0.2, 0.25) is 0 Å². The van der Waals surface area contributed by atoms with E-state index in [1.165, 1.54) is 6.21 Å². The molecule has 19 heavy (non-hydrogen) atoms. The van der Waals surface area contributed by atoms with Crippen LogP contribution in [0.5, 0.6) is 5.75 Å². The number of aromatic nitrogens is 1. The molecule has 0 fully saturated rings. The van der Waals surface area contributed by atoms with Crippen molar-refractivity contribution in [2.45, 2.75) is 0 Å². The second-order valence-corrected chi connectivity index (χ2v) is 4.02. The minimum Gasteiger partial charge on any atom is -0.497 e. The lowest BCUT2D eigenvalue weighted by atomic mass is 10.1. The monoisotopic (exact) mass is 278 g/mol. The quantitative estimate of drug-likeness (QED) is 0.510. The van der Waals surface area contributed by atoms with Crippen LogP contribution in [-0.2, 0) is 0 Å². The van der Waals surface area contributed by atoms with Crippen molar-refractivity contribution >= 4 is 34.7 Å². The largest absolute Gasteiger partial charge is 0.497 e. The number of hydrogen-bond donors (Lipinski definition) is 2. The summed E-state index contributed by atoms with van der Waals surface area (Å²) >= 11 is 6.03. The highest BCUT2D eigenvalue weighted by Gasteiger charge is 2.04. The molecule has 0 unspecified atom stereocenters. The van der Waals surface area contributed by atoms with Crippen LogP contribution in [0.3, 0.4) is 0 Å². The van der Waals surface area contributed by atoms with Gasteiger partial charge in [0.15, 0.2) is 0 Å². The Morgan fingerprint density at radius 3 is 3.00 bits per heavy atom. The Balaban J connectivity index is 2.39. The number of nitrogens with two attached hydrogens (primary N) is 1. The van der Waals surface area contributed by atoms with Crippen molar-refractivity contribution in [1.82, 2.24) is 10.4 Å². The first kappa shape index (κ1) is 13.1.